The van der Waals surface area contributed by atoms with Gasteiger partial charge in [0.25, 0.3) is 0 Å². The highest BCUT2D eigenvalue weighted by atomic mass is 28.3. The van der Waals surface area contributed by atoms with Crippen LogP contribution in [0.15, 0.2) is 25.0 Å². The highest BCUT2D eigenvalue weighted by molar-refractivity contribution is 6.36. The zero-order valence-electron chi connectivity index (χ0n) is 9.78. The summed E-state index contributed by atoms with van der Waals surface area (Å²) < 4.78 is 15.2. The Labute approximate surface area is 94.7 Å². The summed E-state index contributed by atoms with van der Waals surface area (Å²) in [6, 6.07) is 0. The molecule has 0 heterocycles. The predicted molar refractivity (Wildman–Crippen MR) is 64.7 cm³/mol. The Hall–Kier alpha value is -0.583. The molecule has 88 valence electrons. The van der Waals surface area contributed by atoms with Gasteiger partial charge in [-0.3, -0.25) is 0 Å². The van der Waals surface area contributed by atoms with Crippen LogP contribution in [0, 0.1) is 0 Å². The first-order chi connectivity index (χ1) is 7.35. The van der Waals surface area contributed by atoms with E-state index >= 15 is 0 Å². The van der Waals surface area contributed by atoms with E-state index in [1.165, 1.54) is 19.3 Å². The van der Waals surface area contributed by atoms with Gasteiger partial charge in [0, 0.05) is 14.2 Å². The summed E-state index contributed by atoms with van der Waals surface area (Å²) in [7, 11) is 1.34. The Bertz CT molecular complexity index is 167. The van der Waals surface area contributed by atoms with Crippen molar-refractivity contribution in [2.75, 3.05) is 14.2 Å². The first-order valence-corrected chi connectivity index (χ1v) is 6.73. The van der Waals surface area contributed by atoms with E-state index in [2.05, 4.69) is 6.58 Å². The second-order valence-electron chi connectivity index (χ2n) is 3.19. The molecule has 0 atom stereocenters. The van der Waals surface area contributed by atoms with E-state index in [-0.39, 0.29) is 0 Å². The Morgan fingerprint density at radius 3 is 2.33 bits per heavy atom. The van der Waals surface area contributed by atoms with Crippen LogP contribution in [0.3, 0.4) is 0 Å². The van der Waals surface area contributed by atoms with Crippen LogP contribution in [0.1, 0.15) is 32.1 Å². The second-order valence-corrected chi connectivity index (χ2v) is 4.99. The molecule has 0 aromatic heterocycles. The fourth-order valence-corrected chi connectivity index (χ4v) is 1.78. The number of allylic oxidation sites excluding steroid dienone is 2. The molecular weight excluding hydrogens is 208 g/mol. The van der Waals surface area contributed by atoms with Crippen LogP contribution in [0.5, 0.6) is 0 Å². The number of hydrogen-bond donors (Lipinski definition) is 0. The quantitative estimate of drug-likeness (QED) is 0.250. The minimum Gasteiger partial charge on any atom is -0.510 e. The average molecular weight is 230 g/mol. The summed E-state index contributed by atoms with van der Waals surface area (Å²) in [6.45, 7) is 3.69. The lowest BCUT2D eigenvalue weighted by molar-refractivity contribution is 0.181. The lowest BCUT2D eigenvalue weighted by Gasteiger charge is -2.08. The third-order valence-electron chi connectivity index (χ3n) is 1.95. The van der Waals surface area contributed by atoms with Crippen molar-refractivity contribution < 1.29 is 13.3 Å². The van der Waals surface area contributed by atoms with Crippen molar-refractivity contribution in [3.05, 3.63) is 25.0 Å². The summed E-state index contributed by atoms with van der Waals surface area (Å²) >= 11 is 0. The van der Waals surface area contributed by atoms with Crippen molar-refractivity contribution in [3.63, 3.8) is 0 Å². The summed E-state index contributed by atoms with van der Waals surface area (Å²) in [4.78, 5) is 0. The van der Waals surface area contributed by atoms with E-state index in [1.54, 1.807) is 20.5 Å². The molecule has 0 aromatic rings. The van der Waals surface area contributed by atoms with Crippen LogP contribution in [-0.4, -0.2) is 23.7 Å². The number of rotatable bonds is 10. The molecule has 0 aromatic carbocycles. The highest BCUT2D eigenvalue weighted by Crippen LogP contribution is 2.04. The minimum absolute atomic E-state index is 1.05. The molecule has 4 heteroatoms. The number of hydrogen-bond acceptors (Lipinski definition) is 3. The van der Waals surface area contributed by atoms with E-state index in [0.29, 0.717) is 0 Å². The predicted octanol–water partition coefficient (Wildman–Crippen LogP) is 2.66. The summed E-state index contributed by atoms with van der Waals surface area (Å²) in [5, 5.41) is 0. The Morgan fingerprint density at radius 2 is 1.73 bits per heavy atom. The van der Waals surface area contributed by atoms with E-state index in [9.17, 15) is 0 Å². The van der Waals surface area contributed by atoms with Crippen LogP contribution >= 0.6 is 0 Å². The maximum atomic E-state index is 5.27. The van der Waals surface area contributed by atoms with Gasteiger partial charge in [-0.1, -0.05) is 18.6 Å². The molecule has 3 nitrogen and oxygen atoms in total. The molecule has 0 aliphatic rings. The molecule has 0 unspecified atom stereocenters. The maximum absolute atomic E-state index is 5.27. The topological polar surface area (TPSA) is 27.7 Å². The van der Waals surface area contributed by atoms with Gasteiger partial charge in [-0.2, -0.15) is 0 Å². The van der Waals surface area contributed by atoms with Crippen molar-refractivity contribution in [1.82, 2.24) is 0 Å². The maximum Gasteiger partial charge on any atom is 0.548 e. The van der Waals surface area contributed by atoms with Crippen LogP contribution in [0.2, 0.25) is 0 Å². The molecule has 0 amide bonds. The third-order valence-corrected chi connectivity index (χ3v) is 3.10. The Morgan fingerprint density at radius 1 is 1.07 bits per heavy atom. The van der Waals surface area contributed by atoms with E-state index in [1.807, 2.05) is 12.2 Å². The largest absolute Gasteiger partial charge is 0.548 e. The molecular formula is C11H22O3Si. The Balaban J connectivity index is 3.26. The van der Waals surface area contributed by atoms with E-state index in [4.69, 9.17) is 13.3 Å². The summed E-state index contributed by atoms with van der Waals surface area (Å²) in [5.74, 6) is 0. The van der Waals surface area contributed by atoms with Gasteiger partial charge in [0.1, 0.15) is 0 Å². The van der Waals surface area contributed by atoms with Crippen molar-refractivity contribution in [1.29, 1.82) is 0 Å². The van der Waals surface area contributed by atoms with Crippen LogP contribution in [0.4, 0.5) is 0 Å². The average Bonchev–Trinajstić information content (AvgIpc) is 2.27. The molecule has 0 spiro atoms. The molecule has 0 saturated carbocycles. The lowest BCUT2D eigenvalue weighted by Crippen LogP contribution is -2.20. The third kappa shape index (κ3) is 9.72. The van der Waals surface area contributed by atoms with Crippen molar-refractivity contribution in [2.24, 2.45) is 0 Å². The molecule has 0 N–H and O–H groups in total. The van der Waals surface area contributed by atoms with E-state index < -0.39 is 9.53 Å². The summed E-state index contributed by atoms with van der Waals surface area (Å²) in [5.41, 5.74) is 0. The first kappa shape index (κ1) is 14.4. The lowest BCUT2D eigenvalue weighted by atomic mass is 10.1. The second kappa shape index (κ2) is 11.5. The van der Waals surface area contributed by atoms with Gasteiger partial charge in [0.2, 0.25) is 0 Å². The van der Waals surface area contributed by atoms with Crippen LogP contribution in [-0.2, 0) is 13.3 Å². The summed E-state index contributed by atoms with van der Waals surface area (Å²) in [6.07, 6.45) is 11.5. The zero-order valence-corrected chi connectivity index (χ0v) is 10.9. The molecule has 0 saturated heterocycles. The monoisotopic (exact) mass is 230 g/mol. The zero-order chi connectivity index (χ0) is 11.4. The van der Waals surface area contributed by atoms with Gasteiger partial charge in [0.05, 0.1) is 6.26 Å². The Kier molecular flexibility index (Phi) is 11.0. The van der Waals surface area contributed by atoms with Gasteiger partial charge in [-0.05, 0) is 25.7 Å². The smallest absolute Gasteiger partial charge is 0.510 e. The fourth-order valence-electron chi connectivity index (χ4n) is 1.12. The van der Waals surface area contributed by atoms with Crippen LogP contribution in [0.25, 0.3) is 0 Å². The SMILES string of the molecule is C=CCCCCCC=CO[SiH](OC)OC. The molecule has 0 radical (unpaired) electrons. The van der Waals surface area contributed by atoms with Gasteiger partial charge >= 0.3 is 9.53 Å². The highest BCUT2D eigenvalue weighted by Gasteiger charge is 2.08. The molecule has 0 fully saturated rings. The molecule has 0 rings (SSSR count). The van der Waals surface area contributed by atoms with Crippen molar-refractivity contribution in [3.8, 4) is 0 Å². The first-order valence-electron chi connectivity index (χ1n) is 5.32. The van der Waals surface area contributed by atoms with Gasteiger partial charge in [-0.25, -0.2) is 0 Å². The molecule has 0 aliphatic heterocycles. The van der Waals surface area contributed by atoms with E-state index in [0.717, 1.165) is 12.8 Å². The molecule has 0 bridgehead atoms. The molecule has 15 heavy (non-hydrogen) atoms. The molecule has 0 aliphatic carbocycles. The van der Waals surface area contributed by atoms with Gasteiger partial charge in [-0.15, -0.1) is 6.58 Å². The van der Waals surface area contributed by atoms with Crippen molar-refractivity contribution >= 4 is 9.53 Å². The minimum atomic E-state index is -1.86. The normalized spacial score (nSPS) is 11.1. The number of unbranched alkanes of at least 4 members (excludes halogenated alkanes) is 4. The standard InChI is InChI=1S/C11H22O3Si/c1-4-5-6-7-8-9-10-11-14-15(12-2)13-3/h4,10-11,15H,1,5-9H2,2-3H3. The fraction of sp³-hybridized carbons (Fsp3) is 0.636. The van der Waals surface area contributed by atoms with Crippen LogP contribution < -0.4 is 0 Å². The van der Waals surface area contributed by atoms with Crippen molar-refractivity contribution in [2.45, 2.75) is 32.1 Å². The van der Waals surface area contributed by atoms with Gasteiger partial charge < -0.3 is 13.3 Å². The van der Waals surface area contributed by atoms with Gasteiger partial charge in [0.15, 0.2) is 0 Å².